The Kier molecular flexibility index (Phi) is 3.58. The van der Waals surface area contributed by atoms with Crippen molar-refractivity contribution in [1.82, 2.24) is 14.9 Å². The number of hydrogen-bond acceptors (Lipinski definition) is 5. The summed E-state index contributed by atoms with van der Waals surface area (Å²) in [7, 11) is 0. The lowest BCUT2D eigenvalue weighted by atomic mass is 10.1. The molecule has 0 saturated carbocycles. The number of para-hydroxylation sites is 1. The van der Waals surface area contributed by atoms with Gasteiger partial charge in [0.25, 0.3) is 11.8 Å². The number of hydrogen-bond donors (Lipinski definition) is 0. The van der Waals surface area contributed by atoms with Crippen LogP contribution in [0.25, 0.3) is 20.8 Å². The fourth-order valence-corrected chi connectivity index (χ4v) is 4.20. The molecule has 2 aromatic heterocycles. The van der Waals surface area contributed by atoms with E-state index in [1.165, 1.54) is 4.90 Å². The van der Waals surface area contributed by atoms with Gasteiger partial charge in [-0.15, -0.1) is 11.3 Å². The molecule has 6 heteroatoms. The van der Waals surface area contributed by atoms with E-state index in [1.54, 1.807) is 41.9 Å². The lowest BCUT2D eigenvalue weighted by molar-refractivity contribution is 0.0642. The molecular weight excluding hydrogens is 358 g/mol. The van der Waals surface area contributed by atoms with Crippen molar-refractivity contribution in [2.45, 2.75) is 6.54 Å². The minimum Gasteiger partial charge on any atom is -0.270 e. The summed E-state index contributed by atoms with van der Waals surface area (Å²) in [6, 6.07) is 16.9. The summed E-state index contributed by atoms with van der Waals surface area (Å²) in [5, 5.41) is 0.838. The van der Waals surface area contributed by atoms with Crippen LogP contribution in [0.5, 0.6) is 0 Å². The van der Waals surface area contributed by atoms with Crippen LogP contribution in [-0.4, -0.2) is 26.7 Å². The van der Waals surface area contributed by atoms with Crippen molar-refractivity contribution >= 4 is 33.4 Å². The first-order valence-corrected chi connectivity index (χ1v) is 9.27. The Morgan fingerprint density at radius 3 is 2.59 bits per heavy atom. The molecule has 0 spiro atoms. The standard InChI is InChI=1S/C21H13N3O2S/c25-20-15-8-7-14(19-23-17-5-1-2-6-18(17)27-19)10-16(15)21(26)24(20)12-13-4-3-9-22-11-13/h1-11H,12H2. The van der Waals surface area contributed by atoms with Gasteiger partial charge in [-0.2, -0.15) is 0 Å². The lowest BCUT2D eigenvalue weighted by Gasteiger charge is -2.13. The van der Waals surface area contributed by atoms with Crippen LogP contribution in [-0.2, 0) is 6.54 Å². The van der Waals surface area contributed by atoms with Crippen molar-refractivity contribution in [2.75, 3.05) is 0 Å². The van der Waals surface area contributed by atoms with Gasteiger partial charge in [0.1, 0.15) is 5.01 Å². The second kappa shape index (κ2) is 6.10. The number of imide groups is 1. The first kappa shape index (κ1) is 15.8. The zero-order valence-corrected chi connectivity index (χ0v) is 14.9. The largest absolute Gasteiger partial charge is 0.270 e. The van der Waals surface area contributed by atoms with Crippen molar-refractivity contribution in [1.29, 1.82) is 0 Å². The molecule has 5 rings (SSSR count). The Morgan fingerprint density at radius 2 is 1.78 bits per heavy atom. The topological polar surface area (TPSA) is 63.2 Å². The summed E-state index contributed by atoms with van der Waals surface area (Å²) < 4.78 is 1.09. The van der Waals surface area contributed by atoms with Crippen LogP contribution < -0.4 is 0 Å². The first-order valence-electron chi connectivity index (χ1n) is 8.46. The van der Waals surface area contributed by atoms with E-state index >= 15 is 0 Å². The van der Waals surface area contributed by atoms with E-state index in [-0.39, 0.29) is 18.4 Å². The Hall–Kier alpha value is -3.38. The van der Waals surface area contributed by atoms with E-state index in [2.05, 4.69) is 9.97 Å². The number of carbonyl (C=O) groups excluding carboxylic acids is 2. The van der Waals surface area contributed by atoms with E-state index in [0.717, 1.165) is 26.4 Å². The highest BCUT2D eigenvalue weighted by molar-refractivity contribution is 7.21. The number of fused-ring (bicyclic) bond motifs is 2. The van der Waals surface area contributed by atoms with Crippen molar-refractivity contribution in [3.8, 4) is 10.6 Å². The summed E-state index contributed by atoms with van der Waals surface area (Å²) in [5.74, 6) is -0.545. The average Bonchev–Trinajstić information content (AvgIpc) is 3.24. The third-order valence-electron chi connectivity index (χ3n) is 4.58. The third-order valence-corrected chi connectivity index (χ3v) is 5.66. The SMILES string of the molecule is O=C1c2ccc(-c3nc4ccccc4s3)cc2C(=O)N1Cc1cccnc1. The van der Waals surface area contributed by atoms with Gasteiger partial charge in [-0.1, -0.05) is 24.3 Å². The molecule has 2 aromatic carbocycles. The molecule has 3 heterocycles. The average molecular weight is 371 g/mol. The quantitative estimate of drug-likeness (QED) is 0.508. The summed E-state index contributed by atoms with van der Waals surface area (Å²) in [6.45, 7) is 0.219. The first-order chi connectivity index (χ1) is 13.2. The predicted molar refractivity (Wildman–Crippen MR) is 103 cm³/mol. The van der Waals surface area contributed by atoms with Crippen LogP contribution in [0.15, 0.2) is 67.0 Å². The Balaban J connectivity index is 1.51. The second-order valence-corrected chi connectivity index (χ2v) is 7.34. The van der Waals surface area contributed by atoms with Crippen LogP contribution in [0.2, 0.25) is 0 Å². The number of carbonyl (C=O) groups is 2. The molecule has 5 nitrogen and oxygen atoms in total. The number of nitrogens with zero attached hydrogens (tertiary/aromatic N) is 3. The summed E-state index contributed by atoms with van der Waals surface area (Å²) in [5.41, 5.74) is 3.46. The van der Waals surface area contributed by atoms with Crippen molar-refractivity contribution < 1.29 is 9.59 Å². The molecule has 1 aliphatic rings. The molecule has 0 fully saturated rings. The Morgan fingerprint density at radius 1 is 0.926 bits per heavy atom. The molecular formula is C21H13N3O2S. The molecule has 0 unspecified atom stereocenters. The molecule has 4 aromatic rings. The monoisotopic (exact) mass is 371 g/mol. The Labute approximate surface area is 158 Å². The minimum absolute atomic E-state index is 0.219. The van der Waals surface area contributed by atoms with E-state index in [0.29, 0.717) is 11.1 Å². The van der Waals surface area contributed by atoms with Gasteiger partial charge in [-0.05, 0) is 35.9 Å². The number of amides is 2. The maximum atomic E-state index is 12.8. The number of thiazole rings is 1. The van der Waals surface area contributed by atoms with Gasteiger partial charge < -0.3 is 0 Å². The van der Waals surface area contributed by atoms with Gasteiger partial charge in [0.05, 0.1) is 27.9 Å². The van der Waals surface area contributed by atoms with Crippen LogP contribution in [0, 0.1) is 0 Å². The van der Waals surface area contributed by atoms with Crippen molar-refractivity contribution in [3.63, 3.8) is 0 Å². The summed E-state index contributed by atoms with van der Waals surface area (Å²) in [6.07, 6.45) is 3.33. The molecule has 0 N–H and O–H groups in total. The van der Waals surface area contributed by atoms with Crippen LogP contribution in [0.1, 0.15) is 26.3 Å². The molecule has 0 aliphatic carbocycles. The fourth-order valence-electron chi connectivity index (χ4n) is 3.24. The molecule has 2 amide bonds. The molecule has 0 atom stereocenters. The van der Waals surface area contributed by atoms with Gasteiger partial charge in [0, 0.05) is 18.0 Å². The molecule has 27 heavy (non-hydrogen) atoms. The number of rotatable bonds is 3. The zero-order valence-electron chi connectivity index (χ0n) is 14.1. The smallest absolute Gasteiger partial charge is 0.261 e. The van der Waals surface area contributed by atoms with Crippen LogP contribution >= 0.6 is 11.3 Å². The highest BCUT2D eigenvalue weighted by Gasteiger charge is 2.35. The lowest BCUT2D eigenvalue weighted by Crippen LogP contribution is -2.29. The fraction of sp³-hybridized carbons (Fsp3) is 0.0476. The van der Waals surface area contributed by atoms with E-state index in [4.69, 9.17) is 0 Å². The van der Waals surface area contributed by atoms with E-state index < -0.39 is 0 Å². The Bertz CT molecular complexity index is 1170. The van der Waals surface area contributed by atoms with Gasteiger partial charge >= 0.3 is 0 Å². The summed E-state index contributed by atoms with van der Waals surface area (Å²) >= 11 is 1.57. The van der Waals surface area contributed by atoms with E-state index in [9.17, 15) is 9.59 Å². The predicted octanol–water partition coefficient (Wildman–Crippen LogP) is 4.15. The molecule has 130 valence electrons. The summed E-state index contributed by atoms with van der Waals surface area (Å²) in [4.78, 5) is 35.5. The molecule has 0 saturated heterocycles. The van der Waals surface area contributed by atoms with Gasteiger partial charge in [-0.25, -0.2) is 4.98 Å². The highest BCUT2D eigenvalue weighted by atomic mass is 32.1. The van der Waals surface area contributed by atoms with Gasteiger partial charge in [0.2, 0.25) is 0 Å². The normalized spacial score (nSPS) is 13.4. The van der Waals surface area contributed by atoms with Crippen molar-refractivity contribution in [2.24, 2.45) is 0 Å². The number of pyridine rings is 1. The number of benzene rings is 2. The maximum Gasteiger partial charge on any atom is 0.261 e. The third kappa shape index (κ3) is 2.62. The van der Waals surface area contributed by atoms with Crippen LogP contribution in [0.4, 0.5) is 0 Å². The molecule has 1 aliphatic heterocycles. The molecule has 0 bridgehead atoms. The van der Waals surface area contributed by atoms with E-state index in [1.807, 2.05) is 36.4 Å². The van der Waals surface area contributed by atoms with Crippen molar-refractivity contribution in [3.05, 3.63) is 83.7 Å². The zero-order chi connectivity index (χ0) is 18.4. The van der Waals surface area contributed by atoms with Gasteiger partial charge in [0.15, 0.2) is 0 Å². The second-order valence-electron chi connectivity index (χ2n) is 6.30. The molecule has 0 radical (unpaired) electrons. The number of aromatic nitrogens is 2. The highest BCUT2D eigenvalue weighted by Crippen LogP contribution is 2.33. The minimum atomic E-state index is -0.276. The maximum absolute atomic E-state index is 12.8. The van der Waals surface area contributed by atoms with Gasteiger partial charge in [-0.3, -0.25) is 19.5 Å². The van der Waals surface area contributed by atoms with Crippen LogP contribution in [0.3, 0.4) is 0 Å².